The fourth-order valence-electron chi connectivity index (χ4n) is 2.29. The van der Waals surface area contributed by atoms with Crippen molar-refractivity contribution in [2.24, 2.45) is 5.41 Å². The van der Waals surface area contributed by atoms with E-state index in [4.69, 9.17) is 0 Å². The number of barbiturate groups is 1. The van der Waals surface area contributed by atoms with Crippen molar-refractivity contribution in [2.75, 3.05) is 7.05 Å². The van der Waals surface area contributed by atoms with Crippen molar-refractivity contribution in [3.05, 3.63) is 0 Å². The van der Waals surface area contributed by atoms with Crippen LogP contribution >= 0.6 is 0 Å². The van der Waals surface area contributed by atoms with Gasteiger partial charge in [0.25, 0.3) is 0 Å². The van der Waals surface area contributed by atoms with Gasteiger partial charge >= 0.3 is 6.03 Å². The molecule has 0 spiro atoms. The summed E-state index contributed by atoms with van der Waals surface area (Å²) in [5.74, 6) is -0.736. The van der Waals surface area contributed by atoms with Crippen LogP contribution in [0.5, 0.6) is 0 Å². The van der Waals surface area contributed by atoms with Gasteiger partial charge in [-0.1, -0.05) is 13.8 Å². The summed E-state index contributed by atoms with van der Waals surface area (Å²) in [4.78, 5) is 38.7. The van der Waals surface area contributed by atoms with Crippen molar-refractivity contribution < 1.29 is 14.4 Å². The molecule has 1 aliphatic heterocycles. The number of carbonyl (C=O) groups excluding carboxylic acids is 3. The van der Waals surface area contributed by atoms with Crippen LogP contribution in [-0.2, 0) is 9.59 Å². The lowest BCUT2D eigenvalue weighted by molar-refractivity contribution is -0.159. The molecular weight excluding hydrogens is 220 g/mol. The van der Waals surface area contributed by atoms with E-state index in [1.165, 1.54) is 11.9 Å². The molecule has 1 saturated heterocycles. The maximum absolute atomic E-state index is 12.4. The maximum atomic E-state index is 12.4. The molecule has 96 valence electrons. The van der Waals surface area contributed by atoms with Crippen molar-refractivity contribution in [3.8, 4) is 0 Å². The number of hydrogen-bond donors (Lipinski definition) is 0. The molecule has 0 saturated carbocycles. The van der Waals surface area contributed by atoms with Crippen LogP contribution in [0.3, 0.4) is 0 Å². The summed E-state index contributed by atoms with van der Waals surface area (Å²) in [5, 5.41) is 0. The predicted octanol–water partition coefficient (Wildman–Crippen LogP) is 1.62. The minimum atomic E-state index is -1.06. The summed E-state index contributed by atoms with van der Waals surface area (Å²) < 4.78 is 0. The van der Waals surface area contributed by atoms with Crippen LogP contribution in [0.4, 0.5) is 4.79 Å². The zero-order valence-electron chi connectivity index (χ0n) is 11.1. The third kappa shape index (κ3) is 1.73. The van der Waals surface area contributed by atoms with Gasteiger partial charge in [0, 0.05) is 13.1 Å². The van der Waals surface area contributed by atoms with E-state index in [2.05, 4.69) is 0 Å². The van der Waals surface area contributed by atoms with Crippen molar-refractivity contribution in [1.29, 1.82) is 0 Å². The van der Waals surface area contributed by atoms with Crippen molar-refractivity contribution in [3.63, 3.8) is 0 Å². The molecule has 5 nitrogen and oxygen atoms in total. The monoisotopic (exact) mass is 240 g/mol. The molecule has 0 atom stereocenters. The Labute approximate surface area is 102 Å². The first-order chi connectivity index (χ1) is 7.83. The van der Waals surface area contributed by atoms with Crippen LogP contribution in [0.15, 0.2) is 0 Å². The van der Waals surface area contributed by atoms with Gasteiger partial charge < -0.3 is 0 Å². The Morgan fingerprint density at radius 2 is 1.53 bits per heavy atom. The summed E-state index contributed by atoms with van der Waals surface area (Å²) in [5.41, 5.74) is -1.06. The number of rotatable bonds is 3. The van der Waals surface area contributed by atoms with Crippen LogP contribution in [0.2, 0.25) is 0 Å². The van der Waals surface area contributed by atoms with Crippen molar-refractivity contribution >= 4 is 17.8 Å². The van der Waals surface area contributed by atoms with Gasteiger partial charge in [-0.15, -0.1) is 0 Å². The van der Waals surface area contributed by atoms with E-state index in [9.17, 15) is 14.4 Å². The molecule has 0 aromatic rings. The maximum Gasteiger partial charge on any atom is 0.333 e. The highest BCUT2D eigenvalue weighted by Crippen LogP contribution is 2.36. The van der Waals surface area contributed by atoms with E-state index in [0.29, 0.717) is 12.8 Å². The van der Waals surface area contributed by atoms with E-state index in [0.717, 1.165) is 4.90 Å². The molecule has 0 aromatic carbocycles. The summed E-state index contributed by atoms with van der Waals surface area (Å²) in [7, 11) is 1.44. The summed E-state index contributed by atoms with van der Waals surface area (Å²) in [6, 6.07) is -0.754. The largest absolute Gasteiger partial charge is 0.333 e. The minimum absolute atomic E-state index is 0.233. The van der Waals surface area contributed by atoms with E-state index in [-0.39, 0.29) is 17.9 Å². The first-order valence-corrected chi connectivity index (χ1v) is 5.99. The number of nitrogens with zero attached hydrogens (tertiary/aromatic N) is 2. The van der Waals surface area contributed by atoms with Gasteiger partial charge in [0.2, 0.25) is 11.8 Å². The SMILES string of the molecule is CCC1(CC)C(=O)N(C)C(=O)N(C(C)C)C1=O. The van der Waals surface area contributed by atoms with Gasteiger partial charge in [0.15, 0.2) is 0 Å². The Kier molecular flexibility index (Phi) is 3.59. The van der Waals surface area contributed by atoms with Gasteiger partial charge in [0.1, 0.15) is 5.41 Å². The Morgan fingerprint density at radius 1 is 1.06 bits per heavy atom. The minimum Gasteiger partial charge on any atom is -0.273 e. The van der Waals surface area contributed by atoms with Gasteiger partial charge in [0.05, 0.1) is 0 Å². The van der Waals surface area contributed by atoms with Gasteiger partial charge in [-0.25, -0.2) is 4.79 Å². The van der Waals surface area contributed by atoms with Crippen LogP contribution in [0.1, 0.15) is 40.5 Å². The Morgan fingerprint density at radius 3 is 1.88 bits per heavy atom. The van der Waals surface area contributed by atoms with Gasteiger partial charge in [-0.05, 0) is 26.7 Å². The number of hydrogen-bond acceptors (Lipinski definition) is 3. The second-order valence-corrected chi connectivity index (χ2v) is 4.70. The molecule has 1 rings (SSSR count). The smallest absolute Gasteiger partial charge is 0.273 e. The highest BCUT2D eigenvalue weighted by Gasteiger charge is 2.54. The molecule has 17 heavy (non-hydrogen) atoms. The lowest BCUT2D eigenvalue weighted by Crippen LogP contribution is -2.65. The first kappa shape index (κ1) is 13.7. The Hall–Kier alpha value is -1.39. The molecule has 0 N–H and O–H groups in total. The summed E-state index contributed by atoms with van der Waals surface area (Å²) in [6.07, 6.45) is 0.837. The molecule has 4 amide bonds. The van der Waals surface area contributed by atoms with Crippen LogP contribution in [0.25, 0.3) is 0 Å². The molecular formula is C12H20N2O3. The number of imide groups is 2. The van der Waals surface area contributed by atoms with Crippen LogP contribution in [0, 0.1) is 5.41 Å². The molecule has 0 aromatic heterocycles. The fraction of sp³-hybridized carbons (Fsp3) is 0.750. The van der Waals surface area contributed by atoms with Crippen molar-refractivity contribution in [1.82, 2.24) is 9.80 Å². The molecule has 1 fully saturated rings. The third-order valence-electron chi connectivity index (χ3n) is 3.56. The average Bonchev–Trinajstić information content (AvgIpc) is 2.28. The topological polar surface area (TPSA) is 57.7 Å². The molecule has 0 unspecified atom stereocenters. The van der Waals surface area contributed by atoms with E-state index < -0.39 is 11.4 Å². The predicted molar refractivity (Wildman–Crippen MR) is 63.2 cm³/mol. The van der Waals surface area contributed by atoms with Crippen molar-refractivity contribution in [2.45, 2.75) is 46.6 Å². The molecule has 0 aliphatic carbocycles. The second kappa shape index (κ2) is 4.47. The number of carbonyl (C=O) groups is 3. The lowest BCUT2D eigenvalue weighted by Gasteiger charge is -2.43. The number of urea groups is 1. The quantitative estimate of drug-likeness (QED) is 0.704. The van der Waals surface area contributed by atoms with E-state index in [1.807, 2.05) is 0 Å². The normalized spacial score (nSPS) is 20.5. The Balaban J connectivity index is 3.30. The molecule has 1 heterocycles. The Bertz CT molecular complexity index is 359. The van der Waals surface area contributed by atoms with Gasteiger partial charge in [-0.2, -0.15) is 0 Å². The molecule has 0 bridgehead atoms. The highest BCUT2D eigenvalue weighted by atomic mass is 16.2. The van der Waals surface area contributed by atoms with Crippen LogP contribution in [-0.4, -0.2) is 40.7 Å². The second-order valence-electron chi connectivity index (χ2n) is 4.70. The molecule has 0 radical (unpaired) electrons. The molecule has 1 aliphatic rings. The average molecular weight is 240 g/mol. The van der Waals surface area contributed by atoms with E-state index in [1.54, 1.807) is 27.7 Å². The third-order valence-corrected chi connectivity index (χ3v) is 3.56. The summed E-state index contributed by atoms with van der Waals surface area (Å²) in [6.45, 7) is 7.16. The lowest BCUT2D eigenvalue weighted by atomic mass is 9.78. The summed E-state index contributed by atoms with van der Waals surface area (Å²) >= 11 is 0. The molecule has 5 heteroatoms. The zero-order valence-corrected chi connectivity index (χ0v) is 11.1. The standard InChI is InChI=1S/C12H20N2O3/c1-6-12(7-2)9(15)13(5)11(17)14(8(3)4)10(12)16/h8H,6-7H2,1-5H3. The van der Waals surface area contributed by atoms with Crippen LogP contribution < -0.4 is 0 Å². The number of amides is 4. The zero-order chi connectivity index (χ0) is 13.4. The highest BCUT2D eigenvalue weighted by molar-refractivity contribution is 6.18. The first-order valence-electron chi connectivity index (χ1n) is 5.99. The van der Waals surface area contributed by atoms with Gasteiger partial charge in [-0.3, -0.25) is 19.4 Å². The fourth-order valence-corrected chi connectivity index (χ4v) is 2.29. The van der Waals surface area contributed by atoms with E-state index >= 15 is 0 Å².